The van der Waals surface area contributed by atoms with Crippen LogP contribution in [0.5, 0.6) is 0 Å². The van der Waals surface area contributed by atoms with E-state index in [1.54, 1.807) is 19.6 Å². The van der Waals surface area contributed by atoms with E-state index in [2.05, 4.69) is 18.5 Å². The molecular formula is C9H20N2. The minimum Gasteiger partial charge on any atom is -0.340 e. The van der Waals surface area contributed by atoms with Gasteiger partial charge in [-0.3, -0.25) is 4.99 Å². The van der Waals surface area contributed by atoms with Gasteiger partial charge in [0, 0.05) is 13.6 Å². The van der Waals surface area contributed by atoms with Gasteiger partial charge in [-0.25, -0.2) is 0 Å². The summed E-state index contributed by atoms with van der Waals surface area (Å²) in [6.45, 7) is 10.8. The Balaban J connectivity index is 0. The fourth-order valence-corrected chi connectivity index (χ4v) is 0.603. The molecule has 0 heterocycles. The molecular weight excluding hydrogens is 136 g/mol. The van der Waals surface area contributed by atoms with E-state index in [9.17, 15) is 0 Å². The molecule has 0 aromatic heterocycles. The van der Waals surface area contributed by atoms with Crippen LogP contribution >= 0.6 is 0 Å². The lowest BCUT2D eigenvalue weighted by molar-refractivity contribution is 0.564. The summed E-state index contributed by atoms with van der Waals surface area (Å²) in [6.07, 6.45) is 4.67. The second kappa shape index (κ2) is 11.9. The van der Waals surface area contributed by atoms with Crippen molar-refractivity contribution in [3.8, 4) is 0 Å². The first-order chi connectivity index (χ1) is 5.35. The van der Waals surface area contributed by atoms with Crippen LogP contribution in [0.15, 0.2) is 17.8 Å². The van der Waals surface area contributed by atoms with Crippen LogP contribution in [-0.2, 0) is 0 Å². The third-order valence-electron chi connectivity index (χ3n) is 0.980. The van der Waals surface area contributed by atoms with Crippen LogP contribution in [0.4, 0.5) is 0 Å². The molecule has 0 amide bonds. The van der Waals surface area contributed by atoms with Gasteiger partial charge in [-0.05, 0) is 12.6 Å². The van der Waals surface area contributed by atoms with Gasteiger partial charge in [0.15, 0.2) is 0 Å². The van der Waals surface area contributed by atoms with Crippen molar-refractivity contribution in [3.05, 3.63) is 12.8 Å². The smallest absolute Gasteiger partial charge is 0.0885 e. The third kappa shape index (κ3) is 9.21. The van der Waals surface area contributed by atoms with Gasteiger partial charge in [-0.2, -0.15) is 0 Å². The van der Waals surface area contributed by atoms with Crippen molar-refractivity contribution in [2.45, 2.75) is 27.2 Å². The van der Waals surface area contributed by atoms with Gasteiger partial charge in [0.2, 0.25) is 0 Å². The molecule has 0 aliphatic rings. The quantitative estimate of drug-likeness (QED) is 0.451. The minimum absolute atomic E-state index is 1.00. The summed E-state index contributed by atoms with van der Waals surface area (Å²) in [5, 5.41) is 0. The Kier molecular flexibility index (Phi) is 13.9. The van der Waals surface area contributed by atoms with Crippen LogP contribution in [0.2, 0.25) is 0 Å². The van der Waals surface area contributed by atoms with E-state index in [0.717, 1.165) is 13.0 Å². The van der Waals surface area contributed by atoms with Crippen molar-refractivity contribution < 1.29 is 0 Å². The van der Waals surface area contributed by atoms with E-state index < -0.39 is 0 Å². The molecule has 0 aromatic rings. The average Bonchev–Trinajstić information content (AvgIpc) is 2.08. The van der Waals surface area contributed by atoms with E-state index in [4.69, 9.17) is 0 Å². The molecule has 0 aromatic carbocycles. The molecule has 0 bridgehead atoms. The van der Waals surface area contributed by atoms with Crippen LogP contribution in [0.3, 0.4) is 0 Å². The molecule has 0 atom stereocenters. The summed E-state index contributed by atoms with van der Waals surface area (Å²) in [5.74, 6) is 0. The number of rotatable bonds is 4. The Morgan fingerprint density at radius 2 is 2.00 bits per heavy atom. The van der Waals surface area contributed by atoms with Crippen LogP contribution in [0.25, 0.3) is 0 Å². The molecule has 0 aliphatic heterocycles. The van der Waals surface area contributed by atoms with Crippen LogP contribution in [0, 0.1) is 0 Å². The van der Waals surface area contributed by atoms with Crippen molar-refractivity contribution in [2.75, 3.05) is 13.6 Å². The Labute approximate surface area is 70.6 Å². The predicted octanol–water partition coefficient (Wildman–Crippen LogP) is 2.53. The van der Waals surface area contributed by atoms with Crippen molar-refractivity contribution in [1.82, 2.24) is 4.90 Å². The van der Waals surface area contributed by atoms with Gasteiger partial charge < -0.3 is 4.90 Å². The Hall–Kier alpha value is -0.790. The van der Waals surface area contributed by atoms with E-state index >= 15 is 0 Å². The van der Waals surface area contributed by atoms with Gasteiger partial charge in [0.05, 0.1) is 6.34 Å². The van der Waals surface area contributed by atoms with E-state index in [-0.39, 0.29) is 0 Å². The number of aliphatic imine (C=N–C) groups is 1. The van der Waals surface area contributed by atoms with E-state index in [1.165, 1.54) is 0 Å². The zero-order chi connectivity index (χ0) is 9.11. The fourth-order valence-electron chi connectivity index (χ4n) is 0.603. The van der Waals surface area contributed by atoms with Gasteiger partial charge >= 0.3 is 0 Å². The van der Waals surface area contributed by atoms with Crippen LogP contribution < -0.4 is 0 Å². The number of hydrogen-bond donors (Lipinski definition) is 0. The molecule has 0 saturated carbocycles. The molecule has 11 heavy (non-hydrogen) atoms. The van der Waals surface area contributed by atoms with Gasteiger partial charge in [0.25, 0.3) is 0 Å². The zero-order valence-corrected chi connectivity index (χ0v) is 8.17. The Morgan fingerprint density at radius 3 is 2.27 bits per heavy atom. The van der Waals surface area contributed by atoms with Crippen molar-refractivity contribution in [2.24, 2.45) is 4.99 Å². The summed E-state index contributed by atoms with van der Waals surface area (Å²) in [5.41, 5.74) is 0. The lowest BCUT2D eigenvalue weighted by Gasteiger charge is -2.10. The highest BCUT2D eigenvalue weighted by atomic mass is 15.1. The monoisotopic (exact) mass is 156 g/mol. The van der Waals surface area contributed by atoms with Crippen molar-refractivity contribution >= 4 is 6.34 Å². The molecule has 0 fully saturated rings. The SMILES string of the molecule is C=CN(C=NC)CCC.CC. The average molecular weight is 156 g/mol. The summed E-state index contributed by atoms with van der Waals surface area (Å²) >= 11 is 0. The maximum absolute atomic E-state index is 3.86. The first-order valence-electron chi connectivity index (χ1n) is 4.15. The molecule has 0 saturated heterocycles. The van der Waals surface area contributed by atoms with Crippen LogP contribution in [-0.4, -0.2) is 24.8 Å². The van der Waals surface area contributed by atoms with Gasteiger partial charge in [0.1, 0.15) is 0 Å². The maximum Gasteiger partial charge on any atom is 0.0885 e. The number of hydrogen-bond acceptors (Lipinski definition) is 1. The van der Waals surface area contributed by atoms with E-state index in [0.29, 0.717) is 0 Å². The fraction of sp³-hybridized carbons (Fsp3) is 0.667. The summed E-state index contributed by atoms with van der Waals surface area (Å²) in [6, 6.07) is 0. The molecule has 66 valence electrons. The predicted molar refractivity (Wildman–Crippen MR) is 53.0 cm³/mol. The van der Waals surface area contributed by atoms with Crippen LogP contribution in [0.1, 0.15) is 27.2 Å². The molecule has 0 radical (unpaired) electrons. The van der Waals surface area contributed by atoms with Crippen molar-refractivity contribution in [3.63, 3.8) is 0 Å². The zero-order valence-electron chi connectivity index (χ0n) is 8.17. The second-order valence-corrected chi connectivity index (χ2v) is 1.79. The summed E-state index contributed by atoms with van der Waals surface area (Å²) in [4.78, 5) is 5.81. The summed E-state index contributed by atoms with van der Waals surface area (Å²) in [7, 11) is 1.76. The standard InChI is InChI=1S/C7H14N2.C2H6/c1-4-6-9(5-2)7-8-3;1-2/h5,7H,2,4,6H2,1,3H3;1-2H3. The van der Waals surface area contributed by atoms with Gasteiger partial charge in [-0.15, -0.1) is 0 Å². The highest BCUT2D eigenvalue weighted by Crippen LogP contribution is 1.85. The first-order valence-corrected chi connectivity index (χ1v) is 4.15. The largest absolute Gasteiger partial charge is 0.340 e. The molecule has 0 rings (SSSR count). The Bertz CT molecular complexity index is 97.7. The first kappa shape index (κ1) is 12.8. The maximum atomic E-state index is 3.86. The second-order valence-electron chi connectivity index (χ2n) is 1.79. The molecule has 0 unspecified atom stereocenters. The normalized spacial score (nSPS) is 8.73. The molecule has 0 spiro atoms. The lowest BCUT2D eigenvalue weighted by atomic mass is 10.4. The molecule has 2 heteroatoms. The lowest BCUT2D eigenvalue weighted by Crippen LogP contribution is -2.14. The highest BCUT2D eigenvalue weighted by molar-refractivity contribution is 5.55. The topological polar surface area (TPSA) is 15.6 Å². The summed E-state index contributed by atoms with van der Waals surface area (Å²) < 4.78 is 0. The van der Waals surface area contributed by atoms with Crippen molar-refractivity contribution in [1.29, 1.82) is 0 Å². The van der Waals surface area contributed by atoms with Gasteiger partial charge in [-0.1, -0.05) is 27.4 Å². The Morgan fingerprint density at radius 1 is 1.45 bits per heavy atom. The molecule has 0 N–H and O–H groups in total. The molecule has 2 nitrogen and oxygen atoms in total. The third-order valence-corrected chi connectivity index (χ3v) is 0.980. The highest BCUT2D eigenvalue weighted by Gasteiger charge is 1.87. The number of nitrogens with zero attached hydrogens (tertiary/aromatic N) is 2. The van der Waals surface area contributed by atoms with E-state index in [1.807, 2.05) is 18.7 Å². The minimum atomic E-state index is 1.00. The molecule has 0 aliphatic carbocycles.